The van der Waals surface area contributed by atoms with Gasteiger partial charge in [0.1, 0.15) is 9.88 Å². The Morgan fingerprint density at radius 3 is 2.46 bits per heavy atom. The molecule has 0 aliphatic rings. The molecule has 2 rings (SSSR count). The molecule has 0 saturated heterocycles. The highest BCUT2D eigenvalue weighted by Crippen LogP contribution is 2.28. The van der Waals surface area contributed by atoms with Gasteiger partial charge in [0, 0.05) is 19.6 Å². The zero-order valence-electron chi connectivity index (χ0n) is 16.9. The van der Waals surface area contributed by atoms with Crippen LogP contribution in [0.25, 0.3) is 10.6 Å². The average Bonchev–Trinajstić information content (AvgIpc) is 2.98. The van der Waals surface area contributed by atoms with Gasteiger partial charge in [-0.3, -0.25) is 9.59 Å². The van der Waals surface area contributed by atoms with E-state index in [4.69, 9.17) is 5.73 Å². The molecule has 0 saturated carbocycles. The molecule has 2 aromatic rings. The fraction of sp³-hybridized carbons (Fsp3) is 0.556. The van der Waals surface area contributed by atoms with E-state index in [0.29, 0.717) is 27.7 Å². The van der Waals surface area contributed by atoms with Gasteiger partial charge < -0.3 is 11.1 Å². The summed E-state index contributed by atoms with van der Waals surface area (Å²) in [5.74, 6) is -0.182. The third-order valence-electron chi connectivity index (χ3n) is 4.47. The van der Waals surface area contributed by atoms with E-state index in [0.717, 1.165) is 30.5 Å². The van der Waals surface area contributed by atoms with Gasteiger partial charge in [0.15, 0.2) is 0 Å². The van der Waals surface area contributed by atoms with Crippen LogP contribution in [0.3, 0.4) is 0 Å². The maximum absolute atomic E-state index is 12.7. The van der Waals surface area contributed by atoms with Crippen molar-refractivity contribution in [2.45, 2.75) is 53.0 Å². The van der Waals surface area contributed by atoms with Crippen LogP contribution in [0.4, 0.5) is 0 Å². The van der Waals surface area contributed by atoms with Crippen molar-refractivity contribution in [2.24, 2.45) is 12.8 Å². The molecule has 0 aromatic carbocycles. The zero-order chi connectivity index (χ0) is 19.4. The topological polar surface area (TPSA) is 103 Å². The predicted molar refractivity (Wildman–Crippen MR) is 119 cm³/mol. The second kappa shape index (κ2) is 11.5. The van der Waals surface area contributed by atoms with Crippen molar-refractivity contribution < 1.29 is 4.79 Å². The SMILES string of the molecule is CCCCC(CN)NC(=O)c1sc(-c2c(C)c(C)nn(C)c2=O)nc1C.Cl.Cl. The second-order valence-electron chi connectivity index (χ2n) is 6.50. The van der Waals surface area contributed by atoms with E-state index < -0.39 is 0 Å². The molecule has 0 spiro atoms. The minimum atomic E-state index is -0.211. The molecule has 3 N–H and O–H groups in total. The third-order valence-corrected chi connectivity index (χ3v) is 5.64. The summed E-state index contributed by atoms with van der Waals surface area (Å²) in [7, 11) is 1.62. The predicted octanol–water partition coefficient (Wildman–Crippen LogP) is 2.92. The molecule has 0 aliphatic carbocycles. The van der Waals surface area contributed by atoms with Crippen molar-refractivity contribution in [2.75, 3.05) is 6.54 Å². The summed E-state index contributed by atoms with van der Waals surface area (Å²) in [6, 6.07) is -0.0508. The Bertz CT molecular complexity index is 866. The van der Waals surface area contributed by atoms with Gasteiger partial charge in [-0.25, -0.2) is 9.67 Å². The molecule has 7 nitrogen and oxygen atoms in total. The number of hydrogen-bond acceptors (Lipinski definition) is 6. The highest BCUT2D eigenvalue weighted by molar-refractivity contribution is 7.17. The number of hydrogen-bond donors (Lipinski definition) is 2. The Labute approximate surface area is 181 Å². The number of halogens is 2. The minimum absolute atomic E-state index is 0. The van der Waals surface area contributed by atoms with Crippen molar-refractivity contribution in [1.82, 2.24) is 20.1 Å². The first kappa shape index (κ1) is 26.5. The Morgan fingerprint density at radius 2 is 1.89 bits per heavy atom. The first-order chi connectivity index (χ1) is 12.3. The summed E-state index contributed by atoms with van der Waals surface area (Å²) in [5.41, 5.74) is 8.24. The standard InChI is InChI=1S/C18H27N5O2S.2ClH/c1-6-7-8-13(9-19)21-16(24)15-12(4)20-17(26-15)14-10(2)11(3)22-23(5)18(14)25;;/h13H,6-9,19H2,1-5H3,(H,21,24);2*1H. The summed E-state index contributed by atoms with van der Waals surface area (Å²) in [4.78, 5) is 30.2. The van der Waals surface area contributed by atoms with Crippen molar-refractivity contribution in [3.8, 4) is 10.6 Å². The number of amides is 1. The molecule has 1 amide bonds. The summed E-state index contributed by atoms with van der Waals surface area (Å²) >= 11 is 1.24. The van der Waals surface area contributed by atoms with E-state index in [-0.39, 0.29) is 42.3 Å². The van der Waals surface area contributed by atoms with Gasteiger partial charge in [0.2, 0.25) is 0 Å². The largest absolute Gasteiger partial charge is 0.347 e. The number of nitrogens with two attached hydrogens (primary N) is 1. The van der Waals surface area contributed by atoms with E-state index in [1.165, 1.54) is 16.0 Å². The van der Waals surface area contributed by atoms with Gasteiger partial charge >= 0.3 is 0 Å². The number of rotatable bonds is 7. The maximum Gasteiger partial charge on any atom is 0.277 e. The lowest BCUT2D eigenvalue weighted by atomic mass is 10.1. The molecule has 10 heteroatoms. The molecule has 0 fully saturated rings. The molecule has 1 atom stereocenters. The van der Waals surface area contributed by atoms with Gasteiger partial charge in [-0.05, 0) is 32.8 Å². The molecular formula is C18H29Cl2N5O2S. The highest BCUT2D eigenvalue weighted by Gasteiger charge is 2.22. The lowest BCUT2D eigenvalue weighted by Crippen LogP contribution is -2.40. The minimum Gasteiger partial charge on any atom is -0.347 e. The molecular weight excluding hydrogens is 421 g/mol. The third kappa shape index (κ3) is 5.76. The molecule has 0 bridgehead atoms. The maximum atomic E-state index is 12.7. The summed E-state index contributed by atoms with van der Waals surface area (Å²) in [6.45, 7) is 8.00. The van der Waals surface area contributed by atoms with Crippen LogP contribution >= 0.6 is 36.2 Å². The number of carbonyl (C=O) groups is 1. The first-order valence-electron chi connectivity index (χ1n) is 8.83. The molecule has 2 aromatic heterocycles. The molecule has 2 heterocycles. The molecule has 158 valence electrons. The Hall–Kier alpha value is -1.48. The van der Waals surface area contributed by atoms with Gasteiger partial charge in [-0.15, -0.1) is 36.2 Å². The Balaban J connectivity index is 0.00000364. The summed E-state index contributed by atoms with van der Waals surface area (Å²) < 4.78 is 1.31. The normalized spacial score (nSPS) is 11.4. The van der Waals surface area contributed by atoms with Crippen LogP contribution in [-0.4, -0.2) is 33.3 Å². The number of unbranched alkanes of at least 4 members (excludes halogenated alkanes) is 1. The van der Waals surface area contributed by atoms with Crippen molar-refractivity contribution in [3.05, 3.63) is 32.2 Å². The number of carbonyl (C=O) groups excluding carboxylic acids is 1. The number of aryl methyl sites for hydroxylation is 3. The van der Waals surface area contributed by atoms with Crippen molar-refractivity contribution in [1.29, 1.82) is 0 Å². The van der Waals surface area contributed by atoms with Crippen LogP contribution in [0.15, 0.2) is 4.79 Å². The van der Waals surface area contributed by atoms with Crippen molar-refractivity contribution in [3.63, 3.8) is 0 Å². The van der Waals surface area contributed by atoms with Gasteiger partial charge in [0.25, 0.3) is 11.5 Å². The Kier molecular flexibility index (Phi) is 10.9. The van der Waals surface area contributed by atoms with E-state index >= 15 is 0 Å². The fourth-order valence-electron chi connectivity index (χ4n) is 2.76. The van der Waals surface area contributed by atoms with Crippen LogP contribution in [0.5, 0.6) is 0 Å². The van der Waals surface area contributed by atoms with E-state index in [9.17, 15) is 9.59 Å². The monoisotopic (exact) mass is 449 g/mol. The lowest BCUT2D eigenvalue weighted by molar-refractivity contribution is 0.0939. The number of nitrogens with zero attached hydrogens (tertiary/aromatic N) is 3. The zero-order valence-corrected chi connectivity index (χ0v) is 19.3. The number of aromatic nitrogens is 3. The van der Waals surface area contributed by atoms with Crippen LogP contribution in [0.2, 0.25) is 0 Å². The molecule has 28 heavy (non-hydrogen) atoms. The molecule has 0 radical (unpaired) electrons. The summed E-state index contributed by atoms with van der Waals surface area (Å²) in [6.07, 6.45) is 2.92. The van der Waals surface area contributed by atoms with E-state index in [1.807, 2.05) is 13.8 Å². The smallest absolute Gasteiger partial charge is 0.277 e. The van der Waals surface area contributed by atoms with Crippen LogP contribution in [0.1, 0.15) is 52.8 Å². The summed E-state index contributed by atoms with van der Waals surface area (Å²) in [5, 5.41) is 7.73. The number of thiazole rings is 1. The van der Waals surface area contributed by atoms with Crippen LogP contribution in [-0.2, 0) is 7.05 Å². The first-order valence-corrected chi connectivity index (χ1v) is 9.65. The van der Waals surface area contributed by atoms with E-state index in [2.05, 4.69) is 22.3 Å². The van der Waals surface area contributed by atoms with Gasteiger partial charge in [-0.1, -0.05) is 19.8 Å². The number of nitrogens with one attached hydrogen (secondary N) is 1. The van der Waals surface area contributed by atoms with E-state index in [1.54, 1.807) is 14.0 Å². The lowest BCUT2D eigenvalue weighted by Gasteiger charge is -2.15. The van der Waals surface area contributed by atoms with Gasteiger partial charge in [0.05, 0.1) is 17.0 Å². The average molecular weight is 450 g/mol. The van der Waals surface area contributed by atoms with Crippen LogP contribution in [0, 0.1) is 20.8 Å². The van der Waals surface area contributed by atoms with Gasteiger partial charge in [-0.2, -0.15) is 5.10 Å². The highest BCUT2D eigenvalue weighted by atomic mass is 35.5. The van der Waals surface area contributed by atoms with Crippen LogP contribution < -0.4 is 16.6 Å². The molecule has 0 aliphatic heterocycles. The molecule has 1 unspecified atom stereocenters. The second-order valence-corrected chi connectivity index (χ2v) is 7.50. The fourth-order valence-corrected chi connectivity index (χ4v) is 3.83. The quantitative estimate of drug-likeness (QED) is 0.675. The van der Waals surface area contributed by atoms with Crippen molar-refractivity contribution >= 4 is 42.1 Å². The Morgan fingerprint density at radius 1 is 1.25 bits per heavy atom.